The third kappa shape index (κ3) is 17.0. The van der Waals surface area contributed by atoms with Gasteiger partial charge in [-0.2, -0.15) is 23.4 Å². The maximum atomic E-state index is 13.0. The Kier molecular flexibility index (Phi) is 22.6. The molecule has 3 aromatic rings. The van der Waals surface area contributed by atoms with E-state index in [1.54, 1.807) is 0 Å². The van der Waals surface area contributed by atoms with E-state index in [4.69, 9.17) is 11.0 Å². The molecule has 0 saturated heterocycles. The number of benzene rings is 2. The van der Waals surface area contributed by atoms with E-state index in [1.165, 1.54) is 18.9 Å². The monoisotopic (exact) mass is 821 g/mol. The molecular formula is C49H71F3N4O3. The number of rotatable bonds is 12. The van der Waals surface area contributed by atoms with Crippen molar-refractivity contribution in [1.82, 2.24) is 4.98 Å². The highest BCUT2D eigenvalue weighted by atomic mass is 19.4. The lowest BCUT2D eigenvalue weighted by atomic mass is 9.92. The number of halogens is 3. The number of aryl methyl sites for hydroxylation is 4. The van der Waals surface area contributed by atoms with E-state index in [-0.39, 0.29) is 29.0 Å². The molecule has 2 aliphatic rings. The smallest absolute Gasteiger partial charge is 0.383 e. The van der Waals surface area contributed by atoms with Gasteiger partial charge in [-0.3, -0.25) is 9.78 Å². The number of aliphatic imine (C=N–C) groups is 1. The van der Waals surface area contributed by atoms with E-state index >= 15 is 0 Å². The summed E-state index contributed by atoms with van der Waals surface area (Å²) >= 11 is 0. The maximum absolute atomic E-state index is 13.0. The summed E-state index contributed by atoms with van der Waals surface area (Å²) in [5.74, 6) is -0.0224. The zero-order chi connectivity index (χ0) is 45.1. The predicted molar refractivity (Wildman–Crippen MR) is 236 cm³/mol. The minimum Gasteiger partial charge on any atom is -0.383 e. The molecule has 2 unspecified atom stereocenters. The van der Waals surface area contributed by atoms with Crippen molar-refractivity contribution in [2.24, 2.45) is 28.0 Å². The summed E-state index contributed by atoms with van der Waals surface area (Å²) in [5, 5.41) is 18.0. The first kappa shape index (κ1) is 52.7. The first-order valence-electron chi connectivity index (χ1n) is 21.5. The molecule has 3 N–H and O–H groups in total. The van der Waals surface area contributed by atoms with Crippen molar-refractivity contribution in [1.29, 1.82) is 5.26 Å². The Labute approximate surface area is 353 Å². The highest BCUT2D eigenvalue weighted by Crippen LogP contribution is 2.47. The number of aliphatic hydroxyl groups is 1. The Bertz CT molecular complexity index is 1830. The van der Waals surface area contributed by atoms with Crippen LogP contribution in [0.3, 0.4) is 0 Å². The fraction of sp³-hybridized carbons (Fsp3) is 0.571. The van der Waals surface area contributed by atoms with Gasteiger partial charge in [-0.15, -0.1) is 0 Å². The van der Waals surface area contributed by atoms with Crippen LogP contribution in [0.5, 0.6) is 0 Å². The maximum Gasteiger partial charge on any atom is 0.416 e. The number of nitrogens with two attached hydrogens (primary N) is 1. The van der Waals surface area contributed by atoms with Gasteiger partial charge in [0.15, 0.2) is 6.29 Å². The highest BCUT2D eigenvalue weighted by Gasteiger charge is 2.40. The van der Waals surface area contributed by atoms with E-state index in [9.17, 15) is 27.9 Å². The van der Waals surface area contributed by atoms with Crippen molar-refractivity contribution >= 4 is 18.0 Å². The van der Waals surface area contributed by atoms with Crippen LogP contribution in [-0.2, 0) is 15.8 Å². The molecule has 10 heteroatoms. The van der Waals surface area contributed by atoms with Gasteiger partial charge in [-0.25, -0.2) is 0 Å². The lowest BCUT2D eigenvalue weighted by molar-refractivity contribution is -0.137. The lowest BCUT2D eigenvalue weighted by Crippen LogP contribution is -2.22. The molecule has 7 nitrogen and oxygen atoms in total. The molecule has 5 rings (SSSR count). The molecule has 59 heavy (non-hydrogen) atoms. The summed E-state index contributed by atoms with van der Waals surface area (Å²) in [6.45, 7) is 24.5. The van der Waals surface area contributed by atoms with Gasteiger partial charge in [0.05, 0.1) is 17.0 Å². The standard InChI is InChI=1S/C20H27F3N2O.C17H19NO2.C6H9N.C4H10.C2H6/c1-4-5-14(10-12(2)3)19(26)25-18(24)16-9-8-15(20(21,22)23)11-17(16)13-6-7-13;1-10-5-15(8-18-13(10)4)17-11(2)6-14(7-12(17)3)16(20)9-19;1-2-6(5-7)3-4-6;1-3-4-2;1-2/h8-9,11-14H,4-7,10H2,1-3H3,(H2,24,25,26);5-9,16,20H,1-4H3;2-4H2,1H3;3-4H2,1-2H3;1-2H3. The van der Waals surface area contributed by atoms with Crippen molar-refractivity contribution in [3.63, 3.8) is 0 Å². The summed E-state index contributed by atoms with van der Waals surface area (Å²) in [6, 6.07) is 11.6. The number of nitrogens with zero attached hydrogens (tertiary/aromatic N) is 3. The second-order valence-electron chi connectivity index (χ2n) is 16.0. The van der Waals surface area contributed by atoms with E-state index < -0.39 is 17.8 Å². The van der Waals surface area contributed by atoms with Gasteiger partial charge in [-0.05, 0) is 136 Å². The van der Waals surface area contributed by atoms with Crippen LogP contribution in [0.4, 0.5) is 13.2 Å². The number of amides is 1. The fourth-order valence-corrected chi connectivity index (χ4v) is 6.41. The number of aliphatic hydroxyl groups excluding tert-OH is 1. The number of hydrogen-bond acceptors (Lipinski definition) is 5. The van der Waals surface area contributed by atoms with Crippen LogP contribution in [0.2, 0.25) is 0 Å². The van der Waals surface area contributed by atoms with Crippen molar-refractivity contribution in [2.75, 3.05) is 0 Å². The molecule has 2 aromatic carbocycles. The average molecular weight is 821 g/mol. The van der Waals surface area contributed by atoms with E-state index in [2.05, 4.69) is 42.9 Å². The van der Waals surface area contributed by atoms with Gasteiger partial charge in [0, 0.05) is 28.9 Å². The Morgan fingerprint density at radius 2 is 1.56 bits per heavy atom. The van der Waals surface area contributed by atoms with Gasteiger partial charge in [-0.1, -0.05) is 92.9 Å². The molecule has 1 heterocycles. The van der Waals surface area contributed by atoms with Gasteiger partial charge in [0.1, 0.15) is 11.9 Å². The third-order valence-corrected chi connectivity index (χ3v) is 10.6. The quantitative estimate of drug-likeness (QED) is 0.106. The van der Waals surface area contributed by atoms with Crippen molar-refractivity contribution in [3.8, 4) is 17.2 Å². The largest absolute Gasteiger partial charge is 0.416 e. The number of carbonyl (C=O) groups is 2. The molecule has 0 bridgehead atoms. The molecule has 0 aliphatic heterocycles. The van der Waals surface area contributed by atoms with E-state index in [0.29, 0.717) is 28.9 Å². The number of amidine groups is 1. The number of pyridine rings is 1. The predicted octanol–water partition coefficient (Wildman–Crippen LogP) is 13.0. The number of nitriles is 1. The summed E-state index contributed by atoms with van der Waals surface area (Å²) in [6.07, 6.45) is 6.92. The zero-order valence-corrected chi connectivity index (χ0v) is 37.8. The summed E-state index contributed by atoms with van der Waals surface area (Å²) in [7, 11) is 0. The SMILES string of the molecule is CC.CCC1(C#N)CC1.CCCC.CCCC(CC(C)C)C(=O)N=C(N)c1ccc(C(F)(F)F)cc1C1CC1.Cc1cc(-c2c(C)cc(C(O)C=O)cc2C)cnc1C. The topological polar surface area (TPSA) is 129 Å². The third-order valence-electron chi connectivity index (χ3n) is 10.6. The summed E-state index contributed by atoms with van der Waals surface area (Å²) in [4.78, 5) is 31.7. The van der Waals surface area contributed by atoms with Crippen LogP contribution in [0.15, 0.2) is 47.6 Å². The van der Waals surface area contributed by atoms with Gasteiger partial charge < -0.3 is 15.6 Å². The second kappa shape index (κ2) is 25.3. The number of aldehydes is 1. The van der Waals surface area contributed by atoms with E-state index in [0.717, 1.165) is 97.0 Å². The first-order chi connectivity index (χ1) is 27.8. The highest BCUT2D eigenvalue weighted by molar-refractivity contribution is 6.05. The summed E-state index contributed by atoms with van der Waals surface area (Å²) in [5.41, 5.74) is 13.5. The molecule has 326 valence electrons. The Hall–Kier alpha value is -4.36. The van der Waals surface area contributed by atoms with Crippen LogP contribution < -0.4 is 5.73 Å². The normalized spacial score (nSPS) is 14.9. The molecule has 0 radical (unpaired) electrons. The number of hydrogen-bond donors (Lipinski definition) is 2. The zero-order valence-electron chi connectivity index (χ0n) is 37.8. The molecule has 2 saturated carbocycles. The fourth-order valence-electron chi connectivity index (χ4n) is 6.41. The number of carbonyl (C=O) groups excluding carboxylic acids is 2. The van der Waals surface area contributed by atoms with Crippen molar-refractivity contribution in [2.45, 2.75) is 165 Å². The first-order valence-corrected chi connectivity index (χ1v) is 21.5. The molecule has 0 spiro atoms. The van der Waals surface area contributed by atoms with Gasteiger partial charge >= 0.3 is 6.18 Å². The molecule has 2 atom stereocenters. The average Bonchev–Trinajstić information content (AvgIpc) is 4.15. The van der Waals surface area contributed by atoms with Crippen LogP contribution in [0.1, 0.15) is 176 Å². The van der Waals surface area contributed by atoms with Crippen LogP contribution in [-0.4, -0.2) is 28.1 Å². The number of alkyl halides is 3. The van der Waals surface area contributed by atoms with Crippen LogP contribution >= 0.6 is 0 Å². The van der Waals surface area contributed by atoms with Crippen LogP contribution in [0, 0.1) is 56.3 Å². The van der Waals surface area contributed by atoms with E-state index in [1.807, 2.05) is 80.6 Å². The van der Waals surface area contributed by atoms with Gasteiger partial charge in [0.2, 0.25) is 0 Å². The summed E-state index contributed by atoms with van der Waals surface area (Å²) < 4.78 is 39.0. The molecular weight excluding hydrogens is 750 g/mol. The minimum absolute atomic E-state index is 0.0236. The Balaban J connectivity index is 0.000000461. The number of aromatic nitrogens is 1. The van der Waals surface area contributed by atoms with Crippen molar-refractivity contribution in [3.05, 3.63) is 87.2 Å². The minimum atomic E-state index is -4.40. The Morgan fingerprint density at radius 1 is 0.983 bits per heavy atom. The molecule has 1 amide bonds. The van der Waals surface area contributed by atoms with Crippen molar-refractivity contribution < 1.29 is 27.9 Å². The van der Waals surface area contributed by atoms with Crippen LogP contribution in [0.25, 0.3) is 11.1 Å². The lowest BCUT2D eigenvalue weighted by Gasteiger charge is -2.16. The second-order valence-corrected chi connectivity index (χ2v) is 16.0. The molecule has 1 aromatic heterocycles. The number of unbranched alkanes of at least 4 members (excludes halogenated alkanes) is 1. The molecule has 2 aliphatic carbocycles. The Morgan fingerprint density at radius 3 is 1.95 bits per heavy atom. The van der Waals surface area contributed by atoms with Gasteiger partial charge in [0.25, 0.3) is 5.91 Å². The molecule has 2 fully saturated rings.